The quantitative estimate of drug-likeness (QED) is 0.751. The van der Waals surface area contributed by atoms with E-state index in [0.29, 0.717) is 33.5 Å². The summed E-state index contributed by atoms with van der Waals surface area (Å²) in [7, 11) is 0. The van der Waals surface area contributed by atoms with Gasteiger partial charge in [-0.25, -0.2) is 4.39 Å². The second kappa shape index (κ2) is 7.75. The fraction of sp³-hybridized carbons (Fsp3) is 0.292. The Morgan fingerprint density at radius 2 is 1.70 bits per heavy atom. The van der Waals surface area contributed by atoms with E-state index < -0.39 is 5.67 Å². The zero-order valence-electron chi connectivity index (χ0n) is 17.6. The van der Waals surface area contributed by atoms with Crippen molar-refractivity contribution in [3.63, 3.8) is 0 Å². The smallest absolute Gasteiger partial charge is 0.254 e. The standard InChI is InChI=1S/C24H25FN4O/c1-14-9-15(2)21(10-20(14)22(28)16(3)17(4)27)23(30)29-12-24(25,13-29)19-7-5-18(11-26)6-8-19/h5-10,28H,12-13,27H2,1-4H3. The number of hydrogen-bond donors (Lipinski definition) is 2. The van der Waals surface area contributed by atoms with E-state index in [0.717, 1.165) is 11.1 Å². The SMILES string of the molecule is CC(N)=C(C)C(=N)c1cc(C(=O)N2CC(F)(c3ccc(C#N)cc3)C2)c(C)cc1C. The number of nitrogens with one attached hydrogen (secondary N) is 1. The molecule has 2 aromatic carbocycles. The summed E-state index contributed by atoms with van der Waals surface area (Å²) in [5.74, 6) is -0.255. The van der Waals surface area contributed by atoms with Crippen molar-refractivity contribution < 1.29 is 9.18 Å². The van der Waals surface area contributed by atoms with Crippen LogP contribution in [0, 0.1) is 30.6 Å². The summed E-state index contributed by atoms with van der Waals surface area (Å²) in [6, 6.07) is 12.0. The van der Waals surface area contributed by atoms with Crippen LogP contribution < -0.4 is 5.73 Å². The Hall–Kier alpha value is -3.46. The zero-order chi connectivity index (χ0) is 22.2. The highest BCUT2D eigenvalue weighted by molar-refractivity contribution is 6.12. The molecule has 1 aliphatic rings. The summed E-state index contributed by atoms with van der Waals surface area (Å²) in [5, 5.41) is 17.3. The van der Waals surface area contributed by atoms with E-state index >= 15 is 4.39 Å². The van der Waals surface area contributed by atoms with E-state index in [1.807, 2.05) is 26.0 Å². The lowest BCUT2D eigenvalue weighted by Crippen LogP contribution is -2.58. The van der Waals surface area contributed by atoms with Crippen LogP contribution in [0.2, 0.25) is 0 Å². The summed E-state index contributed by atoms with van der Waals surface area (Å²) in [4.78, 5) is 14.5. The van der Waals surface area contributed by atoms with E-state index in [1.165, 1.54) is 4.90 Å². The molecule has 1 amide bonds. The lowest BCUT2D eigenvalue weighted by atomic mass is 9.86. The summed E-state index contributed by atoms with van der Waals surface area (Å²) < 4.78 is 15.2. The van der Waals surface area contributed by atoms with Gasteiger partial charge in [0.25, 0.3) is 5.91 Å². The zero-order valence-corrected chi connectivity index (χ0v) is 17.6. The maximum atomic E-state index is 15.2. The number of likely N-dealkylation sites (tertiary alicyclic amines) is 1. The van der Waals surface area contributed by atoms with Crippen molar-refractivity contribution in [3.8, 4) is 6.07 Å². The number of hydrogen-bond acceptors (Lipinski definition) is 4. The molecule has 0 saturated carbocycles. The third kappa shape index (κ3) is 3.71. The number of alkyl halides is 1. The van der Waals surface area contributed by atoms with Crippen LogP contribution in [0.5, 0.6) is 0 Å². The summed E-state index contributed by atoms with van der Waals surface area (Å²) in [5.41, 5.74) is 9.43. The van der Waals surface area contributed by atoms with Gasteiger partial charge in [-0.2, -0.15) is 5.26 Å². The Morgan fingerprint density at radius 3 is 2.23 bits per heavy atom. The largest absolute Gasteiger partial charge is 0.402 e. The van der Waals surface area contributed by atoms with E-state index in [4.69, 9.17) is 16.4 Å². The van der Waals surface area contributed by atoms with Crippen LogP contribution in [0.1, 0.15) is 52.0 Å². The number of nitrogens with zero attached hydrogens (tertiary/aromatic N) is 2. The molecule has 1 aliphatic heterocycles. The maximum Gasteiger partial charge on any atom is 0.254 e. The minimum absolute atomic E-state index is 0.0430. The van der Waals surface area contributed by atoms with Gasteiger partial charge in [0.05, 0.1) is 30.4 Å². The number of halogens is 1. The minimum atomic E-state index is -1.62. The fourth-order valence-electron chi connectivity index (χ4n) is 3.65. The van der Waals surface area contributed by atoms with Gasteiger partial charge in [-0.1, -0.05) is 18.2 Å². The molecule has 30 heavy (non-hydrogen) atoms. The molecule has 6 heteroatoms. The first kappa shape index (κ1) is 21.3. The number of allylic oxidation sites excluding steroid dienone is 2. The van der Waals surface area contributed by atoms with Crippen LogP contribution in [-0.4, -0.2) is 29.6 Å². The monoisotopic (exact) mass is 404 g/mol. The second-order valence-electron chi connectivity index (χ2n) is 7.98. The molecule has 5 nitrogen and oxygen atoms in total. The first-order valence-electron chi connectivity index (χ1n) is 9.69. The predicted octanol–water partition coefficient (Wildman–Crippen LogP) is 4.12. The summed E-state index contributed by atoms with van der Waals surface area (Å²) in [6.07, 6.45) is 0. The van der Waals surface area contributed by atoms with Crippen LogP contribution in [0.3, 0.4) is 0 Å². The van der Waals surface area contributed by atoms with Gasteiger partial charge in [0, 0.05) is 16.8 Å². The highest BCUT2D eigenvalue weighted by atomic mass is 19.1. The van der Waals surface area contributed by atoms with E-state index in [9.17, 15) is 4.79 Å². The fourth-order valence-corrected chi connectivity index (χ4v) is 3.65. The molecule has 1 heterocycles. The van der Waals surface area contributed by atoms with Gasteiger partial charge >= 0.3 is 0 Å². The molecule has 0 radical (unpaired) electrons. The van der Waals surface area contributed by atoms with Crippen molar-refractivity contribution >= 4 is 11.6 Å². The van der Waals surface area contributed by atoms with Gasteiger partial charge in [0.15, 0.2) is 5.67 Å². The van der Waals surface area contributed by atoms with Gasteiger partial charge in [0.1, 0.15) is 0 Å². The Morgan fingerprint density at radius 1 is 1.13 bits per heavy atom. The molecule has 3 N–H and O–H groups in total. The average Bonchev–Trinajstić information content (AvgIpc) is 2.70. The lowest BCUT2D eigenvalue weighted by Gasteiger charge is -2.45. The highest BCUT2D eigenvalue weighted by Gasteiger charge is 2.47. The minimum Gasteiger partial charge on any atom is -0.402 e. The Balaban J connectivity index is 1.84. The van der Waals surface area contributed by atoms with Crippen LogP contribution in [0.25, 0.3) is 0 Å². The highest BCUT2D eigenvalue weighted by Crippen LogP contribution is 2.37. The van der Waals surface area contributed by atoms with Gasteiger partial charge in [0.2, 0.25) is 0 Å². The first-order valence-corrected chi connectivity index (χ1v) is 9.69. The number of benzene rings is 2. The average molecular weight is 404 g/mol. The number of nitrogens with two attached hydrogens (primary N) is 1. The van der Waals surface area contributed by atoms with Crippen molar-refractivity contribution in [2.75, 3.05) is 13.1 Å². The van der Waals surface area contributed by atoms with Gasteiger partial charge in [-0.05, 0) is 68.2 Å². The van der Waals surface area contributed by atoms with Crippen LogP contribution in [0.4, 0.5) is 4.39 Å². The maximum absolute atomic E-state index is 15.2. The predicted molar refractivity (Wildman–Crippen MR) is 115 cm³/mol. The molecular weight excluding hydrogens is 379 g/mol. The molecular formula is C24H25FN4O. The number of amides is 1. The summed E-state index contributed by atoms with van der Waals surface area (Å²) >= 11 is 0. The lowest BCUT2D eigenvalue weighted by molar-refractivity contribution is -0.0231. The Labute approximate surface area is 176 Å². The molecule has 0 unspecified atom stereocenters. The number of nitriles is 1. The molecule has 0 bridgehead atoms. The Kier molecular flexibility index (Phi) is 5.49. The third-order valence-electron chi connectivity index (χ3n) is 5.74. The van der Waals surface area contributed by atoms with Crippen molar-refractivity contribution in [1.29, 1.82) is 10.7 Å². The van der Waals surface area contributed by atoms with Crippen LogP contribution in [-0.2, 0) is 5.67 Å². The van der Waals surface area contributed by atoms with Crippen molar-refractivity contribution in [3.05, 3.63) is 81.0 Å². The Bertz CT molecular complexity index is 1100. The van der Waals surface area contributed by atoms with Crippen LogP contribution >= 0.6 is 0 Å². The van der Waals surface area contributed by atoms with E-state index in [-0.39, 0.29) is 24.7 Å². The number of carbonyl (C=O) groups is 1. The van der Waals surface area contributed by atoms with Crippen molar-refractivity contribution in [2.45, 2.75) is 33.4 Å². The number of aryl methyl sites for hydroxylation is 2. The third-order valence-corrected chi connectivity index (χ3v) is 5.74. The molecule has 1 fully saturated rings. The second-order valence-corrected chi connectivity index (χ2v) is 7.98. The van der Waals surface area contributed by atoms with Gasteiger partial charge in [-0.15, -0.1) is 0 Å². The topological polar surface area (TPSA) is 94.0 Å². The number of rotatable bonds is 4. The molecule has 154 valence electrons. The van der Waals surface area contributed by atoms with E-state index in [1.54, 1.807) is 44.2 Å². The number of carbonyl (C=O) groups excluding carboxylic acids is 1. The van der Waals surface area contributed by atoms with Gasteiger partial charge < -0.3 is 10.6 Å². The molecule has 0 atom stereocenters. The van der Waals surface area contributed by atoms with Crippen LogP contribution in [0.15, 0.2) is 47.7 Å². The normalized spacial score (nSPS) is 15.7. The molecule has 0 aromatic heterocycles. The van der Waals surface area contributed by atoms with Crippen molar-refractivity contribution in [2.24, 2.45) is 5.73 Å². The molecule has 0 aliphatic carbocycles. The molecule has 1 saturated heterocycles. The first-order chi connectivity index (χ1) is 14.1. The molecule has 2 aromatic rings. The van der Waals surface area contributed by atoms with Crippen molar-refractivity contribution in [1.82, 2.24) is 4.90 Å². The van der Waals surface area contributed by atoms with E-state index in [2.05, 4.69) is 0 Å². The summed E-state index contributed by atoms with van der Waals surface area (Å²) in [6.45, 7) is 7.17. The van der Waals surface area contributed by atoms with Gasteiger partial charge in [-0.3, -0.25) is 10.2 Å². The molecule has 0 spiro atoms. The molecule has 3 rings (SSSR count).